The van der Waals surface area contributed by atoms with Gasteiger partial charge in [0.1, 0.15) is 11.4 Å². The van der Waals surface area contributed by atoms with E-state index in [9.17, 15) is 9.59 Å². The van der Waals surface area contributed by atoms with Gasteiger partial charge in [0.2, 0.25) is 5.91 Å². The van der Waals surface area contributed by atoms with Crippen LogP contribution in [0.25, 0.3) is 0 Å². The predicted molar refractivity (Wildman–Crippen MR) is 103 cm³/mol. The Morgan fingerprint density at radius 2 is 1.88 bits per heavy atom. The average Bonchev–Trinajstić information content (AvgIpc) is 2.58. The van der Waals surface area contributed by atoms with E-state index in [0.717, 1.165) is 12.8 Å². The molecule has 1 heterocycles. The van der Waals surface area contributed by atoms with Crippen molar-refractivity contribution in [3.8, 4) is 5.75 Å². The van der Waals surface area contributed by atoms with Crippen LogP contribution < -0.4 is 15.4 Å². The number of hydrogen-bond acceptors (Lipinski definition) is 3. The van der Waals surface area contributed by atoms with Crippen molar-refractivity contribution < 1.29 is 14.3 Å². The molecule has 5 heteroatoms. The van der Waals surface area contributed by atoms with Crippen LogP contribution in [0, 0.1) is 6.92 Å². The lowest BCUT2D eigenvalue weighted by atomic mass is 10.0. The SMILES string of the molecule is Cc1ccc(CCCC(=O)Nc2cccc3c2NC(=O)C(C)(C)O3)cc1. The molecule has 2 amide bonds. The summed E-state index contributed by atoms with van der Waals surface area (Å²) in [6.07, 6.45) is 2.03. The van der Waals surface area contributed by atoms with Crippen LogP contribution in [0.4, 0.5) is 11.4 Å². The van der Waals surface area contributed by atoms with E-state index in [1.165, 1.54) is 11.1 Å². The van der Waals surface area contributed by atoms with Crippen molar-refractivity contribution in [1.29, 1.82) is 0 Å². The summed E-state index contributed by atoms with van der Waals surface area (Å²) in [6, 6.07) is 13.7. The third-order valence-electron chi connectivity index (χ3n) is 4.44. The molecule has 2 aromatic rings. The lowest BCUT2D eigenvalue weighted by Gasteiger charge is -2.32. The van der Waals surface area contributed by atoms with Crippen molar-refractivity contribution in [3.63, 3.8) is 0 Å². The Morgan fingerprint density at radius 1 is 1.15 bits per heavy atom. The maximum atomic E-state index is 12.3. The molecule has 2 aromatic carbocycles. The van der Waals surface area contributed by atoms with Gasteiger partial charge in [0.25, 0.3) is 5.91 Å². The van der Waals surface area contributed by atoms with Crippen molar-refractivity contribution >= 4 is 23.2 Å². The van der Waals surface area contributed by atoms with Crippen molar-refractivity contribution in [2.45, 2.75) is 45.6 Å². The Balaban J connectivity index is 1.60. The zero-order valence-corrected chi connectivity index (χ0v) is 15.4. The second-order valence-electron chi connectivity index (χ2n) is 7.13. The molecular formula is C21H24N2O3. The highest BCUT2D eigenvalue weighted by atomic mass is 16.5. The van der Waals surface area contributed by atoms with Crippen LogP contribution in [-0.2, 0) is 16.0 Å². The molecule has 1 aliphatic rings. The zero-order chi connectivity index (χ0) is 18.7. The quantitative estimate of drug-likeness (QED) is 0.852. The van der Waals surface area contributed by atoms with E-state index in [4.69, 9.17) is 4.74 Å². The molecule has 5 nitrogen and oxygen atoms in total. The third kappa shape index (κ3) is 4.04. The molecule has 2 N–H and O–H groups in total. The number of hydrogen-bond donors (Lipinski definition) is 2. The number of carbonyl (C=O) groups excluding carboxylic acids is 2. The van der Waals surface area contributed by atoms with E-state index in [2.05, 4.69) is 41.8 Å². The normalized spacial score (nSPS) is 14.8. The lowest BCUT2D eigenvalue weighted by Crippen LogP contribution is -2.45. The minimum Gasteiger partial charge on any atom is -0.476 e. The molecular weight excluding hydrogens is 328 g/mol. The van der Waals surface area contributed by atoms with Gasteiger partial charge in [-0.05, 0) is 51.3 Å². The maximum absolute atomic E-state index is 12.3. The second-order valence-corrected chi connectivity index (χ2v) is 7.13. The predicted octanol–water partition coefficient (Wildman–Crippen LogP) is 4.07. The Hall–Kier alpha value is -2.82. The number of aryl methyl sites for hydroxylation is 2. The summed E-state index contributed by atoms with van der Waals surface area (Å²) in [5.74, 6) is 0.253. The second kappa shape index (κ2) is 7.20. The first-order valence-electron chi connectivity index (χ1n) is 8.84. The van der Waals surface area contributed by atoms with Gasteiger partial charge in [0, 0.05) is 6.42 Å². The first kappa shape index (κ1) is 18.0. The summed E-state index contributed by atoms with van der Waals surface area (Å²) in [6.45, 7) is 5.48. The molecule has 0 atom stereocenters. The molecule has 26 heavy (non-hydrogen) atoms. The number of rotatable bonds is 5. The van der Waals surface area contributed by atoms with Gasteiger partial charge in [-0.25, -0.2) is 0 Å². The number of para-hydroxylation sites is 1. The summed E-state index contributed by atoms with van der Waals surface area (Å²) >= 11 is 0. The smallest absolute Gasteiger partial charge is 0.268 e. The highest BCUT2D eigenvalue weighted by Crippen LogP contribution is 2.38. The largest absolute Gasteiger partial charge is 0.476 e. The van der Waals surface area contributed by atoms with Gasteiger partial charge >= 0.3 is 0 Å². The lowest BCUT2D eigenvalue weighted by molar-refractivity contribution is -0.129. The van der Waals surface area contributed by atoms with Crippen LogP contribution in [0.5, 0.6) is 5.75 Å². The highest BCUT2D eigenvalue weighted by Gasteiger charge is 2.36. The number of carbonyl (C=O) groups is 2. The molecule has 0 aliphatic carbocycles. The topological polar surface area (TPSA) is 67.4 Å². The molecule has 0 unspecified atom stereocenters. The minimum absolute atomic E-state index is 0.0791. The number of fused-ring (bicyclic) bond motifs is 1. The molecule has 136 valence electrons. The van der Waals surface area contributed by atoms with Crippen LogP contribution >= 0.6 is 0 Å². The van der Waals surface area contributed by atoms with E-state index >= 15 is 0 Å². The maximum Gasteiger partial charge on any atom is 0.268 e. The fraction of sp³-hybridized carbons (Fsp3) is 0.333. The number of benzene rings is 2. The highest BCUT2D eigenvalue weighted by molar-refractivity contribution is 6.05. The van der Waals surface area contributed by atoms with Gasteiger partial charge < -0.3 is 15.4 Å². The summed E-state index contributed by atoms with van der Waals surface area (Å²) in [4.78, 5) is 24.4. The fourth-order valence-corrected chi connectivity index (χ4v) is 2.86. The van der Waals surface area contributed by atoms with Gasteiger partial charge in [0.15, 0.2) is 5.60 Å². The number of amides is 2. The minimum atomic E-state index is -0.927. The first-order chi connectivity index (χ1) is 12.3. The molecule has 0 spiro atoms. The Kier molecular flexibility index (Phi) is 4.98. The van der Waals surface area contributed by atoms with Crippen molar-refractivity contribution in [2.24, 2.45) is 0 Å². The Labute approximate surface area is 153 Å². The molecule has 0 bridgehead atoms. The molecule has 0 saturated heterocycles. The Bertz CT molecular complexity index is 826. The van der Waals surface area contributed by atoms with E-state index < -0.39 is 5.60 Å². The molecule has 0 saturated carbocycles. The van der Waals surface area contributed by atoms with Crippen molar-refractivity contribution in [2.75, 3.05) is 10.6 Å². The van der Waals surface area contributed by atoms with Crippen LogP contribution in [0.1, 0.15) is 37.8 Å². The van der Waals surface area contributed by atoms with Crippen LogP contribution in [0.15, 0.2) is 42.5 Å². The first-order valence-corrected chi connectivity index (χ1v) is 8.84. The Morgan fingerprint density at radius 3 is 2.62 bits per heavy atom. The van der Waals surface area contributed by atoms with E-state index in [1.54, 1.807) is 32.0 Å². The molecule has 0 radical (unpaired) electrons. The molecule has 0 aromatic heterocycles. The van der Waals surface area contributed by atoms with E-state index in [0.29, 0.717) is 23.5 Å². The van der Waals surface area contributed by atoms with Gasteiger partial charge in [0.05, 0.1) is 5.69 Å². The summed E-state index contributed by atoms with van der Waals surface area (Å²) in [5, 5.41) is 5.71. The van der Waals surface area contributed by atoms with Crippen LogP contribution in [0.2, 0.25) is 0 Å². The number of nitrogens with one attached hydrogen (secondary N) is 2. The van der Waals surface area contributed by atoms with Crippen LogP contribution in [-0.4, -0.2) is 17.4 Å². The molecule has 1 aliphatic heterocycles. The monoisotopic (exact) mass is 352 g/mol. The van der Waals surface area contributed by atoms with Gasteiger partial charge in [-0.2, -0.15) is 0 Å². The van der Waals surface area contributed by atoms with Gasteiger partial charge in [-0.3, -0.25) is 9.59 Å². The molecule has 0 fully saturated rings. The van der Waals surface area contributed by atoms with Gasteiger partial charge in [-0.1, -0.05) is 35.9 Å². The summed E-state index contributed by atoms with van der Waals surface area (Å²) < 4.78 is 5.74. The van der Waals surface area contributed by atoms with Gasteiger partial charge in [-0.15, -0.1) is 0 Å². The zero-order valence-electron chi connectivity index (χ0n) is 15.4. The van der Waals surface area contributed by atoms with Crippen LogP contribution in [0.3, 0.4) is 0 Å². The summed E-state index contributed by atoms with van der Waals surface area (Å²) in [7, 11) is 0. The summed E-state index contributed by atoms with van der Waals surface area (Å²) in [5.41, 5.74) is 2.61. The fourth-order valence-electron chi connectivity index (χ4n) is 2.86. The average molecular weight is 352 g/mol. The third-order valence-corrected chi connectivity index (χ3v) is 4.44. The number of anilines is 2. The van der Waals surface area contributed by atoms with E-state index in [-0.39, 0.29) is 11.8 Å². The van der Waals surface area contributed by atoms with Crippen molar-refractivity contribution in [3.05, 3.63) is 53.6 Å². The standard InChI is InChI=1S/C21H24N2O3/c1-14-10-12-15(13-11-14)6-4-9-18(24)22-16-7-5-8-17-19(16)23-20(25)21(2,3)26-17/h5,7-8,10-13H,4,6,9H2,1-3H3,(H,22,24)(H,23,25). The number of ether oxygens (including phenoxy) is 1. The van der Waals surface area contributed by atoms with Crippen molar-refractivity contribution in [1.82, 2.24) is 0 Å². The van der Waals surface area contributed by atoms with E-state index in [1.807, 2.05) is 0 Å². The molecule has 3 rings (SSSR count).